The number of aromatic amines is 1. The molecule has 2 aromatic heterocycles. The minimum atomic E-state index is -0.734. The zero-order chi connectivity index (χ0) is 36.1. The Bertz CT molecular complexity index is 1740. The molecule has 0 saturated carbocycles. The van der Waals surface area contributed by atoms with Crippen LogP contribution in [-0.2, 0) is 9.53 Å². The van der Waals surface area contributed by atoms with E-state index in [4.69, 9.17) is 14.6 Å². The average Bonchev–Trinajstić information content (AvgIpc) is 3.80. The quantitative estimate of drug-likeness (QED) is 0.0778. The number of aliphatic hydroxyl groups is 1. The Labute approximate surface area is 306 Å². The predicted octanol–water partition coefficient (Wildman–Crippen LogP) is 5.48. The lowest BCUT2D eigenvalue weighted by Crippen LogP contribution is -2.58. The number of fused-ring (bicyclic) bond motifs is 1. The largest absolute Gasteiger partial charge is 0.506 e. The Morgan fingerprint density at radius 2 is 1.75 bits per heavy atom. The number of aromatic hydroxyl groups is 1. The molecule has 1 amide bonds. The van der Waals surface area contributed by atoms with Crippen LogP contribution >= 0.6 is 22.7 Å². The summed E-state index contributed by atoms with van der Waals surface area (Å²) < 4.78 is 6.94. The molecule has 51 heavy (non-hydrogen) atoms. The first kappa shape index (κ1) is 38.6. The Hall–Kier alpha value is -3.66. The molecule has 0 aliphatic carbocycles. The minimum absolute atomic E-state index is 0.0127. The fourth-order valence-corrected chi connectivity index (χ4v) is 8.59. The van der Waals surface area contributed by atoms with Gasteiger partial charge < -0.3 is 40.2 Å². The van der Waals surface area contributed by atoms with Gasteiger partial charge >= 0.3 is 4.87 Å². The summed E-state index contributed by atoms with van der Waals surface area (Å²) in [6.07, 6.45) is 9.58. The van der Waals surface area contributed by atoms with E-state index in [9.17, 15) is 19.8 Å². The second kappa shape index (κ2) is 19.3. The highest BCUT2D eigenvalue weighted by molar-refractivity contribution is 7.16. The van der Waals surface area contributed by atoms with Gasteiger partial charge in [-0.15, -0.1) is 11.3 Å². The molecule has 5 N–H and O–H groups in total. The van der Waals surface area contributed by atoms with Crippen molar-refractivity contribution in [2.45, 2.75) is 69.5 Å². The SMILES string of the molecule is O=C(c1csc(-c2ccccc2)n1)N1CCOC2(CCN(CCCCCCCCCNC[C@H](O)c3ccc(O)c4[nH]c(=O)sc34)CC2)C1.O=CO. The van der Waals surface area contributed by atoms with Gasteiger partial charge in [0.15, 0.2) is 0 Å². The van der Waals surface area contributed by atoms with Gasteiger partial charge in [0.25, 0.3) is 12.4 Å². The summed E-state index contributed by atoms with van der Waals surface area (Å²) >= 11 is 2.53. The van der Waals surface area contributed by atoms with Crippen LogP contribution in [0.5, 0.6) is 5.75 Å². The van der Waals surface area contributed by atoms with Crippen molar-refractivity contribution in [3.05, 3.63) is 68.8 Å². The molecule has 1 spiro atoms. The number of thiazole rings is 2. The number of carbonyl (C=O) groups excluding carboxylic acids is 1. The molecule has 4 heterocycles. The molecule has 14 heteroatoms. The fraction of sp³-hybridized carbons (Fsp3) is 0.514. The van der Waals surface area contributed by atoms with Crippen LogP contribution in [0.2, 0.25) is 0 Å². The normalized spacial score (nSPS) is 16.5. The van der Waals surface area contributed by atoms with Crippen LogP contribution in [0.4, 0.5) is 0 Å². The number of morpholine rings is 1. The maximum atomic E-state index is 13.3. The van der Waals surface area contributed by atoms with Gasteiger partial charge in [0.1, 0.15) is 22.0 Å². The lowest BCUT2D eigenvalue weighted by molar-refractivity contribution is -0.127. The maximum Gasteiger partial charge on any atom is 0.305 e. The number of benzene rings is 2. The van der Waals surface area contributed by atoms with Crippen LogP contribution in [0.25, 0.3) is 20.8 Å². The van der Waals surface area contributed by atoms with Gasteiger partial charge in [-0.05, 0) is 44.8 Å². The van der Waals surface area contributed by atoms with Crippen molar-refractivity contribution in [1.29, 1.82) is 0 Å². The Morgan fingerprint density at radius 3 is 2.49 bits per heavy atom. The van der Waals surface area contributed by atoms with Crippen molar-refractivity contribution < 1.29 is 29.6 Å². The Balaban J connectivity index is 0.00000162. The van der Waals surface area contributed by atoms with Crippen LogP contribution in [0.3, 0.4) is 0 Å². The third kappa shape index (κ3) is 10.7. The number of H-pyrrole nitrogens is 1. The number of carbonyl (C=O) groups is 2. The number of phenolic OH excluding ortho intramolecular Hbond substituents is 1. The van der Waals surface area contributed by atoms with Gasteiger partial charge in [-0.25, -0.2) is 4.98 Å². The topological polar surface area (TPSA) is 168 Å². The standard InChI is InChI=1S/C36H47N5O5S2.CH2O2/c42-29-14-13-27(32-31(29)39-35(45)48-32)30(43)23-37-17-9-4-2-1-3-5-10-18-40-19-15-36(16-20-40)25-41(21-22-46-36)34(44)28-24-47-33(38-28)26-11-7-6-8-12-26;2-1-3/h6-8,11-14,24,30,37,42-43H,1-5,9-10,15-23,25H2,(H,39,45);1H,(H,2,3)/t30-;/m0./s1. The second-order valence-electron chi connectivity index (χ2n) is 13.2. The number of hydrogen-bond acceptors (Lipinski definition) is 11. The van der Waals surface area contributed by atoms with Crippen LogP contribution in [-0.4, -0.2) is 105 Å². The molecule has 1 atom stereocenters. The van der Waals surface area contributed by atoms with Gasteiger partial charge in [-0.2, -0.15) is 0 Å². The van der Waals surface area contributed by atoms with Crippen molar-refractivity contribution in [3.8, 4) is 16.3 Å². The van der Waals surface area contributed by atoms with E-state index in [0.717, 1.165) is 73.8 Å². The molecule has 0 bridgehead atoms. The van der Waals surface area contributed by atoms with Crippen LogP contribution < -0.4 is 10.2 Å². The van der Waals surface area contributed by atoms with Crippen molar-refractivity contribution >= 4 is 45.3 Å². The number of aromatic nitrogens is 2. The van der Waals surface area contributed by atoms with Crippen molar-refractivity contribution in [1.82, 2.24) is 25.1 Å². The molecule has 4 aromatic rings. The number of amides is 1. The first-order valence-corrected chi connectivity index (χ1v) is 19.5. The number of rotatable bonds is 15. The molecule has 6 rings (SSSR count). The molecule has 0 radical (unpaired) electrons. The average molecular weight is 740 g/mol. The van der Waals surface area contributed by atoms with Gasteiger partial charge in [0.05, 0.1) is 29.6 Å². The highest BCUT2D eigenvalue weighted by Gasteiger charge is 2.41. The van der Waals surface area contributed by atoms with E-state index in [1.54, 1.807) is 6.07 Å². The second-order valence-corrected chi connectivity index (χ2v) is 15.0. The molecular formula is C37H49N5O7S2. The Morgan fingerprint density at radius 1 is 1.04 bits per heavy atom. The van der Waals surface area contributed by atoms with E-state index in [1.807, 2.05) is 40.6 Å². The minimum Gasteiger partial charge on any atom is -0.506 e. The van der Waals surface area contributed by atoms with E-state index in [1.165, 1.54) is 49.5 Å². The summed E-state index contributed by atoms with van der Waals surface area (Å²) in [5.41, 5.74) is 2.39. The molecule has 2 aromatic carbocycles. The highest BCUT2D eigenvalue weighted by atomic mass is 32.1. The number of piperidine rings is 1. The molecule has 12 nitrogen and oxygen atoms in total. The van der Waals surface area contributed by atoms with Gasteiger partial charge in [-0.1, -0.05) is 79.8 Å². The fourth-order valence-electron chi connectivity index (χ4n) is 6.87. The summed E-state index contributed by atoms with van der Waals surface area (Å²) in [4.78, 5) is 45.0. The number of likely N-dealkylation sites (tertiary alicyclic amines) is 1. The first-order chi connectivity index (χ1) is 24.8. The third-order valence-corrected chi connectivity index (χ3v) is 11.5. The number of phenols is 1. The van der Waals surface area contributed by atoms with Crippen molar-refractivity contribution in [2.75, 3.05) is 52.4 Å². The zero-order valence-corrected chi connectivity index (χ0v) is 30.6. The summed E-state index contributed by atoms with van der Waals surface area (Å²) in [7, 11) is 0. The van der Waals surface area contributed by atoms with E-state index in [2.05, 4.69) is 20.2 Å². The van der Waals surface area contributed by atoms with E-state index < -0.39 is 6.10 Å². The van der Waals surface area contributed by atoms with Crippen molar-refractivity contribution in [3.63, 3.8) is 0 Å². The van der Waals surface area contributed by atoms with Crippen LogP contribution in [0, 0.1) is 0 Å². The summed E-state index contributed by atoms with van der Waals surface area (Å²) in [5.74, 6) is 0.0358. The number of hydrogen-bond donors (Lipinski definition) is 5. The zero-order valence-electron chi connectivity index (χ0n) is 28.9. The Kier molecular flexibility index (Phi) is 14.6. The predicted molar refractivity (Wildman–Crippen MR) is 201 cm³/mol. The number of aliphatic hydroxyl groups excluding tert-OH is 1. The van der Waals surface area contributed by atoms with Gasteiger partial charge in [-0.3, -0.25) is 14.4 Å². The summed E-state index contributed by atoms with van der Waals surface area (Å²) in [6.45, 7) is 6.01. The molecule has 2 aliphatic heterocycles. The van der Waals surface area contributed by atoms with Gasteiger partial charge in [0.2, 0.25) is 0 Å². The number of carboxylic acid groups (broad SMARTS) is 1. The molecule has 0 unspecified atom stereocenters. The molecule has 2 fully saturated rings. The maximum absolute atomic E-state index is 13.3. The lowest BCUT2D eigenvalue weighted by Gasteiger charge is -2.47. The summed E-state index contributed by atoms with van der Waals surface area (Å²) in [6, 6.07) is 13.2. The molecule has 2 saturated heterocycles. The van der Waals surface area contributed by atoms with E-state index >= 15 is 0 Å². The number of ether oxygens (including phenoxy) is 1. The smallest absolute Gasteiger partial charge is 0.305 e. The number of nitrogens with one attached hydrogen (secondary N) is 2. The molecule has 276 valence electrons. The summed E-state index contributed by atoms with van der Waals surface area (Å²) in [5, 5.41) is 33.6. The van der Waals surface area contributed by atoms with Crippen molar-refractivity contribution in [2.24, 2.45) is 0 Å². The monoisotopic (exact) mass is 739 g/mol. The number of unbranched alkanes of at least 4 members (excludes halogenated alkanes) is 6. The molecule has 2 aliphatic rings. The molecular weight excluding hydrogens is 691 g/mol. The van der Waals surface area contributed by atoms with Crippen LogP contribution in [0.1, 0.15) is 79.9 Å². The van der Waals surface area contributed by atoms with Gasteiger partial charge in [0, 0.05) is 42.7 Å². The van der Waals surface area contributed by atoms with E-state index in [-0.39, 0.29) is 28.6 Å². The highest BCUT2D eigenvalue weighted by Crippen LogP contribution is 2.33. The number of nitrogens with zero attached hydrogens (tertiary/aromatic N) is 3. The first-order valence-electron chi connectivity index (χ1n) is 17.8. The third-order valence-electron chi connectivity index (χ3n) is 9.66. The van der Waals surface area contributed by atoms with E-state index in [0.29, 0.717) is 47.7 Å². The van der Waals surface area contributed by atoms with Crippen LogP contribution in [0.15, 0.2) is 52.6 Å². The lowest BCUT2D eigenvalue weighted by atomic mass is 9.89.